The van der Waals surface area contributed by atoms with E-state index in [1.807, 2.05) is 0 Å². The molecule has 2 N–H and O–H groups in total. The molecule has 0 bridgehead atoms. The lowest BCUT2D eigenvalue weighted by atomic mass is 10.1. The van der Waals surface area contributed by atoms with Crippen LogP contribution in [-0.2, 0) is 6.54 Å². The molecule has 4 rings (SSSR count). The highest BCUT2D eigenvalue weighted by molar-refractivity contribution is 6.30. The third kappa shape index (κ3) is 3.53. The van der Waals surface area contributed by atoms with Gasteiger partial charge in [0.2, 0.25) is 23.5 Å². The van der Waals surface area contributed by atoms with Crippen LogP contribution in [-0.4, -0.2) is 23.1 Å². The number of aromatic hydroxyl groups is 2. The Morgan fingerprint density at radius 3 is 2.43 bits per heavy atom. The van der Waals surface area contributed by atoms with E-state index in [1.165, 1.54) is 9.13 Å². The fourth-order valence-electron chi connectivity index (χ4n) is 3.36. The SMILES string of the molecule is COc1ccc(C(=O)C[n+]2c(O)[n+](-c3cccc(Cl)c3)c(O)c3ccccc32)cc1. The first-order chi connectivity index (χ1) is 14.5. The van der Waals surface area contributed by atoms with E-state index in [0.717, 1.165) is 0 Å². The molecule has 6 nitrogen and oxygen atoms in total. The van der Waals surface area contributed by atoms with Crippen molar-refractivity contribution in [3.63, 3.8) is 0 Å². The normalized spacial score (nSPS) is 10.9. The minimum Gasteiger partial charge on any atom is -0.497 e. The Bertz CT molecular complexity index is 1260. The number of methoxy groups -OCH3 is 1. The predicted octanol–water partition coefficient (Wildman–Crippen LogP) is 3.36. The van der Waals surface area contributed by atoms with Crippen LogP contribution in [0.4, 0.5) is 0 Å². The van der Waals surface area contributed by atoms with E-state index in [4.69, 9.17) is 16.3 Å². The van der Waals surface area contributed by atoms with Crippen molar-refractivity contribution in [3.8, 4) is 23.3 Å². The van der Waals surface area contributed by atoms with Crippen LogP contribution in [0.15, 0.2) is 72.8 Å². The van der Waals surface area contributed by atoms with Gasteiger partial charge in [-0.2, -0.15) is 0 Å². The number of Topliss-reactive ketones (excluding diaryl/α,β-unsaturated/α-hetero) is 1. The van der Waals surface area contributed by atoms with Gasteiger partial charge in [0.15, 0.2) is 5.39 Å². The Hall–Kier alpha value is -3.64. The van der Waals surface area contributed by atoms with Crippen molar-refractivity contribution in [1.82, 2.24) is 0 Å². The average molecular weight is 423 g/mol. The highest BCUT2D eigenvalue weighted by Crippen LogP contribution is 2.24. The lowest BCUT2D eigenvalue weighted by Crippen LogP contribution is -2.48. The molecular formula is C23H19ClN2O4+2. The summed E-state index contributed by atoms with van der Waals surface area (Å²) in [5, 5.41) is 22.8. The maximum atomic E-state index is 12.9. The summed E-state index contributed by atoms with van der Waals surface area (Å²) >= 11 is 6.10. The molecule has 0 fully saturated rings. The molecule has 150 valence electrons. The number of carbonyl (C=O) groups is 1. The van der Waals surface area contributed by atoms with E-state index >= 15 is 0 Å². The Balaban J connectivity index is 1.87. The summed E-state index contributed by atoms with van der Waals surface area (Å²) < 4.78 is 7.85. The Morgan fingerprint density at radius 2 is 1.73 bits per heavy atom. The fraction of sp³-hybridized carbons (Fsp3) is 0.0870. The Morgan fingerprint density at radius 1 is 1.00 bits per heavy atom. The van der Waals surface area contributed by atoms with E-state index in [0.29, 0.717) is 32.9 Å². The molecule has 1 aromatic heterocycles. The zero-order chi connectivity index (χ0) is 21.3. The molecule has 0 aliphatic rings. The van der Waals surface area contributed by atoms with Crippen LogP contribution in [0.25, 0.3) is 16.6 Å². The van der Waals surface area contributed by atoms with Gasteiger partial charge in [-0.05, 0) is 41.0 Å². The summed E-state index contributed by atoms with van der Waals surface area (Å²) in [5.74, 6) is 0.292. The molecule has 0 saturated carbocycles. The summed E-state index contributed by atoms with van der Waals surface area (Å²) in [5.41, 5.74) is 1.47. The van der Waals surface area contributed by atoms with Crippen LogP contribution >= 0.6 is 11.6 Å². The summed E-state index contributed by atoms with van der Waals surface area (Å²) in [6, 6.07) is 20.2. The zero-order valence-corrected chi connectivity index (χ0v) is 16.9. The van der Waals surface area contributed by atoms with Gasteiger partial charge in [-0.1, -0.05) is 34.4 Å². The highest BCUT2D eigenvalue weighted by atomic mass is 35.5. The van der Waals surface area contributed by atoms with E-state index in [-0.39, 0.29) is 24.2 Å². The Kier molecular flexibility index (Phi) is 5.25. The standard InChI is InChI=1S/C23H17ClN2O4/c1-30-18-11-9-15(10-12-18)21(27)14-25-20-8-3-2-7-19(20)22(28)26(23(25)29)17-6-4-5-16(24)13-17/h2-13H,14H2,1H3/p+2. The summed E-state index contributed by atoms with van der Waals surface area (Å²) in [6.07, 6.45) is 0. The summed E-state index contributed by atoms with van der Waals surface area (Å²) in [7, 11) is 1.56. The molecule has 1 heterocycles. The second kappa shape index (κ2) is 8.00. The summed E-state index contributed by atoms with van der Waals surface area (Å²) in [4.78, 5) is 12.9. The maximum absolute atomic E-state index is 12.9. The number of nitrogens with zero attached hydrogens (tertiary/aromatic N) is 2. The minimum atomic E-state index is -0.296. The number of fused-ring (bicyclic) bond motifs is 1. The van der Waals surface area contributed by atoms with E-state index < -0.39 is 0 Å². The van der Waals surface area contributed by atoms with Gasteiger partial charge in [-0.15, -0.1) is 0 Å². The van der Waals surface area contributed by atoms with Crippen molar-refractivity contribution < 1.29 is 28.9 Å². The lowest BCUT2D eigenvalue weighted by molar-refractivity contribution is -0.774. The van der Waals surface area contributed by atoms with Gasteiger partial charge < -0.3 is 14.9 Å². The molecule has 30 heavy (non-hydrogen) atoms. The highest BCUT2D eigenvalue weighted by Gasteiger charge is 2.36. The van der Waals surface area contributed by atoms with Gasteiger partial charge in [0, 0.05) is 28.8 Å². The molecule has 0 amide bonds. The average Bonchev–Trinajstić information content (AvgIpc) is 2.77. The van der Waals surface area contributed by atoms with Crippen LogP contribution in [0.1, 0.15) is 10.4 Å². The van der Waals surface area contributed by atoms with E-state index in [2.05, 4.69) is 0 Å². The minimum absolute atomic E-state index is 0.125. The van der Waals surface area contributed by atoms with Gasteiger partial charge in [-0.25, -0.2) is 0 Å². The summed E-state index contributed by atoms with van der Waals surface area (Å²) in [6.45, 7) is -0.125. The molecule has 0 aliphatic carbocycles. The molecule has 0 spiro atoms. The molecule has 0 aliphatic heterocycles. The van der Waals surface area contributed by atoms with Gasteiger partial charge >= 0.3 is 11.9 Å². The first-order valence-electron chi connectivity index (χ1n) is 9.21. The van der Waals surface area contributed by atoms with Crippen LogP contribution in [0.3, 0.4) is 0 Å². The van der Waals surface area contributed by atoms with Crippen LogP contribution in [0, 0.1) is 0 Å². The second-order valence-electron chi connectivity index (χ2n) is 6.69. The van der Waals surface area contributed by atoms with Crippen LogP contribution in [0.2, 0.25) is 5.02 Å². The number of aromatic nitrogens is 2. The Labute approximate surface area is 177 Å². The molecule has 0 radical (unpaired) electrons. The number of benzene rings is 3. The van der Waals surface area contributed by atoms with Gasteiger partial charge in [0.25, 0.3) is 0 Å². The molecule has 0 saturated heterocycles. The molecule has 4 aromatic rings. The fourth-order valence-corrected chi connectivity index (χ4v) is 3.55. The van der Waals surface area contributed by atoms with E-state index in [1.54, 1.807) is 79.9 Å². The predicted molar refractivity (Wildman–Crippen MR) is 111 cm³/mol. The van der Waals surface area contributed by atoms with Crippen molar-refractivity contribution in [2.75, 3.05) is 7.11 Å². The molecule has 7 heteroatoms. The first kappa shape index (κ1) is 19.7. The van der Waals surface area contributed by atoms with Crippen molar-refractivity contribution in [2.45, 2.75) is 6.54 Å². The van der Waals surface area contributed by atoms with Crippen molar-refractivity contribution in [1.29, 1.82) is 0 Å². The maximum Gasteiger partial charge on any atom is 0.638 e. The number of hydrogen-bond donors (Lipinski definition) is 2. The van der Waals surface area contributed by atoms with Crippen molar-refractivity contribution >= 4 is 28.3 Å². The first-order valence-corrected chi connectivity index (χ1v) is 9.59. The molecular weight excluding hydrogens is 404 g/mol. The zero-order valence-electron chi connectivity index (χ0n) is 16.1. The second-order valence-corrected chi connectivity index (χ2v) is 7.13. The molecule has 3 aromatic carbocycles. The van der Waals surface area contributed by atoms with E-state index in [9.17, 15) is 15.0 Å². The van der Waals surface area contributed by atoms with Gasteiger partial charge in [0.05, 0.1) is 7.11 Å². The molecule has 0 unspecified atom stereocenters. The number of halogens is 1. The molecule has 0 atom stereocenters. The van der Waals surface area contributed by atoms with Gasteiger partial charge in [0.1, 0.15) is 5.75 Å². The number of ether oxygens (including phenoxy) is 1. The van der Waals surface area contributed by atoms with Crippen LogP contribution < -0.4 is 13.9 Å². The lowest BCUT2D eigenvalue weighted by Gasteiger charge is -2.05. The quantitative estimate of drug-likeness (QED) is 0.382. The third-order valence-corrected chi connectivity index (χ3v) is 5.10. The number of ketones is 1. The third-order valence-electron chi connectivity index (χ3n) is 4.87. The number of hydrogen-bond acceptors (Lipinski definition) is 4. The van der Waals surface area contributed by atoms with Crippen LogP contribution in [0.5, 0.6) is 17.6 Å². The van der Waals surface area contributed by atoms with Crippen molar-refractivity contribution in [2.24, 2.45) is 0 Å². The number of rotatable bonds is 5. The van der Waals surface area contributed by atoms with Crippen molar-refractivity contribution in [3.05, 3.63) is 83.4 Å². The topological polar surface area (TPSA) is 74.5 Å². The number of para-hydroxylation sites is 1. The largest absolute Gasteiger partial charge is 0.638 e. The number of carbonyl (C=O) groups excluding carboxylic acids is 1. The monoisotopic (exact) mass is 422 g/mol. The van der Waals surface area contributed by atoms with Gasteiger partial charge in [-0.3, -0.25) is 4.79 Å². The smallest absolute Gasteiger partial charge is 0.497 e.